The molecule has 4 rings (SSSR count). The number of nitriles is 2. The van der Waals surface area contributed by atoms with Gasteiger partial charge < -0.3 is 5.32 Å². The van der Waals surface area contributed by atoms with Gasteiger partial charge in [-0.25, -0.2) is 9.67 Å². The number of fused-ring (bicyclic) bond motifs is 1. The monoisotopic (exact) mass is 369 g/mol. The van der Waals surface area contributed by atoms with E-state index in [0.29, 0.717) is 36.7 Å². The maximum Gasteiger partial charge on any atom is 0.229 e. The summed E-state index contributed by atoms with van der Waals surface area (Å²) in [6.07, 6.45) is 7.25. The van der Waals surface area contributed by atoms with Gasteiger partial charge in [0.05, 0.1) is 60.7 Å². The third-order valence-corrected chi connectivity index (χ3v) is 4.18. The summed E-state index contributed by atoms with van der Waals surface area (Å²) in [5, 5.41) is 30.4. The summed E-state index contributed by atoms with van der Waals surface area (Å²) in [5.41, 5.74) is 2.89. The van der Waals surface area contributed by atoms with Gasteiger partial charge in [0.25, 0.3) is 0 Å². The topological polar surface area (TPSA) is 121 Å². The summed E-state index contributed by atoms with van der Waals surface area (Å²) in [4.78, 5) is 8.87. The quantitative estimate of drug-likeness (QED) is 0.554. The molecule has 0 aliphatic rings. The Morgan fingerprint density at radius 1 is 1.07 bits per heavy atom. The van der Waals surface area contributed by atoms with Crippen LogP contribution in [0.1, 0.15) is 17.5 Å². The van der Waals surface area contributed by atoms with E-state index in [9.17, 15) is 5.26 Å². The number of anilines is 2. The summed E-state index contributed by atoms with van der Waals surface area (Å²) in [6, 6.07) is 11.7. The van der Waals surface area contributed by atoms with Crippen molar-refractivity contribution in [2.45, 2.75) is 19.5 Å². The molecule has 4 aromatic rings. The van der Waals surface area contributed by atoms with Gasteiger partial charge in [0, 0.05) is 12.4 Å². The third-order valence-electron chi connectivity index (χ3n) is 4.18. The lowest BCUT2D eigenvalue weighted by atomic mass is 10.1. The zero-order valence-electron chi connectivity index (χ0n) is 14.8. The summed E-state index contributed by atoms with van der Waals surface area (Å²) < 4.78 is 3.43. The second-order valence-corrected chi connectivity index (χ2v) is 6.07. The summed E-state index contributed by atoms with van der Waals surface area (Å²) in [5.74, 6) is 0.419. The molecule has 0 saturated carbocycles. The minimum atomic E-state index is 0.396. The molecule has 9 nitrogen and oxygen atoms in total. The maximum atomic E-state index is 9.28. The van der Waals surface area contributed by atoms with Crippen molar-refractivity contribution in [3.63, 3.8) is 0 Å². The lowest BCUT2D eigenvalue weighted by molar-refractivity contribution is 0.628. The first kappa shape index (κ1) is 17.2. The Balaban J connectivity index is 1.59. The average molecular weight is 369 g/mol. The number of hydrogen-bond acceptors (Lipinski definition) is 7. The molecule has 28 heavy (non-hydrogen) atoms. The summed E-state index contributed by atoms with van der Waals surface area (Å²) in [6.45, 7) is 0.971. The highest BCUT2D eigenvalue weighted by atomic mass is 15.3. The fraction of sp³-hybridized carbons (Fsp3) is 0.158. The van der Waals surface area contributed by atoms with Crippen LogP contribution in [0.3, 0.4) is 0 Å². The minimum absolute atomic E-state index is 0.396. The molecule has 3 aromatic heterocycles. The number of hydrogen-bond donors (Lipinski definition) is 1. The zero-order valence-corrected chi connectivity index (χ0v) is 14.8. The largest absolute Gasteiger partial charge is 0.321 e. The van der Waals surface area contributed by atoms with Crippen molar-refractivity contribution in [1.82, 2.24) is 29.5 Å². The van der Waals surface area contributed by atoms with Crippen molar-refractivity contribution in [3.05, 3.63) is 60.2 Å². The lowest BCUT2D eigenvalue weighted by Gasteiger charge is -2.06. The zero-order chi connectivity index (χ0) is 19.3. The normalized spacial score (nSPS) is 10.5. The molecule has 9 heteroatoms. The van der Waals surface area contributed by atoms with E-state index < -0.39 is 0 Å². The second kappa shape index (κ2) is 7.56. The fourth-order valence-electron chi connectivity index (χ4n) is 2.82. The summed E-state index contributed by atoms with van der Waals surface area (Å²) >= 11 is 0. The van der Waals surface area contributed by atoms with Gasteiger partial charge in [-0.3, -0.25) is 4.68 Å². The molecule has 3 heterocycles. The molecule has 0 fully saturated rings. The van der Waals surface area contributed by atoms with Gasteiger partial charge in [-0.05, 0) is 11.6 Å². The van der Waals surface area contributed by atoms with E-state index in [1.165, 1.54) is 0 Å². The number of nitrogens with zero attached hydrogens (tertiary/aromatic N) is 8. The molecule has 0 atom stereocenters. The first-order chi connectivity index (χ1) is 13.8. The molecule has 1 N–H and O–H groups in total. The molecule has 0 radical (unpaired) electrons. The molecular formula is C19H15N9. The van der Waals surface area contributed by atoms with Crippen LogP contribution in [0.15, 0.2) is 49.1 Å². The van der Waals surface area contributed by atoms with Crippen LogP contribution in [0.4, 0.5) is 11.6 Å². The van der Waals surface area contributed by atoms with E-state index >= 15 is 0 Å². The minimum Gasteiger partial charge on any atom is -0.321 e. The Morgan fingerprint density at radius 2 is 1.96 bits per heavy atom. The third kappa shape index (κ3) is 3.50. The molecule has 0 unspecified atom stereocenters. The highest BCUT2D eigenvalue weighted by molar-refractivity contribution is 5.75. The van der Waals surface area contributed by atoms with Crippen molar-refractivity contribution in [2.75, 3.05) is 5.32 Å². The van der Waals surface area contributed by atoms with E-state index in [1.54, 1.807) is 40.2 Å². The molecule has 0 saturated heterocycles. The van der Waals surface area contributed by atoms with Crippen LogP contribution < -0.4 is 5.32 Å². The molecule has 1 aromatic carbocycles. The van der Waals surface area contributed by atoms with Crippen molar-refractivity contribution in [1.29, 1.82) is 10.5 Å². The van der Waals surface area contributed by atoms with Crippen molar-refractivity contribution in [2.24, 2.45) is 0 Å². The highest BCUT2D eigenvalue weighted by Crippen LogP contribution is 2.18. The van der Waals surface area contributed by atoms with Crippen LogP contribution in [-0.2, 0) is 13.1 Å². The number of rotatable bonds is 6. The second-order valence-electron chi connectivity index (χ2n) is 6.07. The van der Waals surface area contributed by atoms with Gasteiger partial charge in [-0.15, -0.1) is 0 Å². The van der Waals surface area contributed by atoms with Crippen molar-refractivity contribution < 1.29 is 0 Å². The lowest BCUT2D eigenvalue weighted by Crippen LogP contribution is -2.05. The molecule has 0 aliphatic heterocycles. The first-order valence-electron chi connectivity index (χ1n) is 8.60. The number of aryl methyl sites for hydroxylation is 1. The molecular weight excluding hydrogens is 354 g/mol. The summed E-state index contributed by atoms with van der Waals surface area (Å²) in [7, 11) is 0. The Bertz CT molecular complexity index is 1210. The Hall–Kier alpha value is -4.24. The van der Waals surface area contributed by atoms with Gasteiger partial charge in [0.15, 0.2) is 5.65 Å². The number of aromatic nitrogens is 6. The standard InChI is InChI=1S/C19H15N9/c20-6-3-7-27-13-17(11-23-27)25-19-22-9-16-10-24-28(18(16)26-19)12-15-5-2-1-4-14(15)8-21/h1-2,4-5,9-11,13H,3,7,12H2,(H,22,25,26). The van der Waals surface area contributed by atoms with Crippen LogP contribution in [0.2, 0.25) is 0 Å². The molecule has 0 aliphatic carbocycles. The maximum absolute atomic E-state index is 9.28. The molecule has 0 bridgehead atoms. The van der Waals surface area contributed by atoms with E-state index in [2.05, 4.69) is 37.6 Å². The van der Waals surface area contributed by atoms with Crippen LogP contribution in [0.25, 0.3) is 11.0 Å². The molecule has 0 spiro atoms. The number of nitrogens with one attached hydrogen (secondary N) is 1. The van der Waals surface area contributed by atoms with E-state index in [1.807, 2.05) is 18.2 Å². The van der Waals surface area contributed by atoms with Crippen LogP contribution in [0, 0.1) is 22.7 Å². The first-order valence-corrected chi connectivity index (χ1v) is 8.60. The van der Waals surface area contributed by atoms with E-state index in [0.717, 1.165) is 16.6 Å². The van der Waals surface area contributed by atoms with Crippen molar-refractivity contribution in [3.8, 4) is 12.1 Å². The Kier molecular flexibility index (Phi) is 4.64. The van der Waals surface area contributed by atoms with Crippen LogP contribution >= 0.6 is 0 Å². The SMILES string of the molecule is N#CCCn1cc(Nc2ncc3cnn(Cc4ccccc4C#N)c3n2)cn1. The molecule has 136 valence electrons. The Morgan fingerprint density at radius 3 is 2.82 bits per heavy atom. The van der Waals surface area contributed by atoms with Gasteiger partial charge in [0.1, 0.15) is 0 Å². The van der Waals surface area contributed by atoms with Gasteiger partial charge in [-0.1, -0.05) is 18.2 Å². The van der Waals surface area contributed by atoms with Gasteiger partial charge in [-0.2, -0.15) is 25.7 Å². The van der Waals surface area contributed by atoms with Gasteiger partial charge >= 0.3 is 0 Å². The Labute approximate surface area is 160 Å². The highest BCUT2D eigenvalue weighted by Gasteiger charge is 2.10. The number of benzene rings is 1. The van der Waals surface area contributed by atoms with Crippen LogP contribution in [-0.4, -0.2) is 29.5 Å². The van der Waals surface area contributed by atoms with E-state index in [4.69, 9.17) is 5.26 Å². The molecule has 0 amide bonds. The van der Waals surface area contributed by atoms with Gasteiger partial charge in [0.2, 0.25) is 5.95 Å². The van der Waals surface area contributed by atoms with Crippen LogP contribution in [0.5, 0.6) is 0 Å². The smallest absolute Gasteiger partial charge is 0.229 e. The van der Waals surface area contributed by atoms with Crippen molar-refractivity contribution >= 4 is 22.7 Å². The van der Waals surface area contributed by atoms with E-state index in [-0.39, 0.29) is 0 Å². The predicted molar refractivity (Wildman–Crippen MR) is 101 cm³/mol. The predicted octanol–water partition coefficient (Wildman–Crippen LogP) is 2.60. The fourth-order valence-corrected chi connectivity index (χ4v) is 2.82. The average Bonchev–Trinajstić information content (AvgIpc) is 3.34.